The molecule has 28 heavy (non-hydrogen) atoms. The Morgan fingerprint density at radius 3 is 2.39 bits per heavy atom. The largest absolute Gasteiger partial charge is 0.368 e. The zero-order valence-electron chi connectivity index (χ0n) is 15.2. The Bertz CT molecular complexity index is 920. The number of fused-ring (bicyclic) bond motifs is 1. The molecule has 1 N–H and O–H groups in total. The smallest absolute Gasteiger partial charge is 0.269 e. The molecule has 0 bridgehead atoms. The highest BCUT2D eigenvalue weighted by molar-refractivity contribution is 6.01. The first kappa shape index (κ1) is 18.0. The number of hydrogen-bond acceptors (Lipinski definition) is 5. The van der Waals surface area contributed by atoms with E-state index in [9.17, 15) is 19.7 Å². The number of non-ortho nitro benzene ring substituents is 1. The summed E-state index contributed by atoms with van der Waals surface area (Å²) in [5, 5.41) is 13.6. The fourth-order valence-electron chi connectivity index (χ4n) is 3.82. The van der Waals surface area contributed by atoms with Gasteiger partial charge < -0.3 is 15.1 Å². The lowest BCUT2D eigenvalue weighted by Crippen LogP contribution is -2.50. The topological polar surface area (TPSA) is 95.8 Å². The molecule has 2 aliphatic heterocycles. The Labute approximate surface area is 161 Å². The lowest BCUT2D eigenvalue weighted by atomic mass is 9.89. The van der Waals surface area contributed by atoms with Gasteiger partial charge in [0.25, 0.3) is 5.69 Å². The lowest BCUT2D eigenvalue weighted by Gasteiger charge is -2.38. The van der Waals surface area contributed by atoms with Crippen LogP contribution in [0.5, 0.6) is 0 Å². The molecular weight excluding hydrogens is 360 g/mol. The maximum Gasteiger partial charge on any atom is 0.269 e. The van der Waals surface area contributed by atoms with Crippen LogP contribution in [0.15, 0.2) is 48.5 Å². The number of carbonyl (C=O) groups is 2. The van der Waals surface area contributed by atoms with Crippen LogP contribution in [-0.4, -0.2) is 47.8 Å². The minimum Gasteiger partial charge on any atom is -0.368 e. The van der Waals surface area contributed by atoms with Gasteiger partial charge in [-0.2, -0.15) is 0 Å². The number of nitrogens with zero attached hydrogens (tertiary/aromatic N) is 3. The third-order valence-electron chi connectivity index (χ3n) is 5.31. The Morgan fingerprint density at radius 2 is 1.71 bits per heavy atom. The first-order chi connectivity index (χ1) is 13.5. The molecule has 0 spiro atoms. The molecule has 2 aliphatic rings. The van der Waals surface area contributed by atoms with Gasteiger partial charge in [-0.25, -0.2) is 0 Å². The van der Waals surface area contributed by atoms with E-state index in [0.29, 0.717) is 31.9 Å². The molecule has 8 nitrogen and oxygen atoms in total. The highest BCUT2D eigenvalue weighted by atomic mass is 16.6. The molecule has 2 heterocycles. The zero-order valence-corrected chi connectivity index (χ0v) is 15.2. The number of nitro benzene ring substituents is 1. The molecule has 1 saturated heterocycles. The van der Waals surface area contributed by atoms with Gasteiger partial charge >= 0.3 is 0 Å². The first-order valence-corrected chi connectivity index (χ1v) is 9.20. The number of carbonyl (C=O) groups excluding carboxylic acids is 2. The van der Waals surface area contributed by atoms with Gasteiger partial charge in [-0.05, 0) is 23.8 Å². The van der Waals surface area contributed by atoms with Crippen molar-refractivity contribution in [2.45, 2.75) is 12.3 Å². The number of nitrogens with one attached hydrogen (secondary N) is 1. The quantitative estimate of drug-likeness (QED) is 0.651. The van der Waals surface area contributed by atoms with Gasteiger partial charge in [0.15, 0.2) is 0 Å². The van der Waals surface area contributed by atoms with Crippen molar-refractivity contribution in [2.75, 3.05) is 36.4 Å². The fourth-order valence-corrected chi connectivity index (χ4v) is 3.82. The van der Waals surface area contributed by atoms with Crippen LogP contribution in [0.2, 0.25) is 0 Å². The fraction of sp³-hybridized carbons (Fsp3) is 0.300. The Hall–Kier alpha value is -3.42. The third kappa shape index (κ3) is 3.40. The van der Waals surface area contributed by atoms with Gasteiger partial charge in [0, 0.05) is 56.1 Å². The number of amides is 2. The predicted molar refractivity (Wildman–Crippen MR) is 104 cm³/mol. The summed E-state index contributed by atoms with van der Waals surface area (Å²) in [6.45, 7) is 2.39. The summed E-state index contributed by atoms with van der Waals surface area (Å²) in [6.07, 6.45) is 0.165. The van der Waals surface area contributed by atoms with Gasteiger partial charge in [-0.3, -0.25) is 19.7 Å². The molecule has 0 radical (unpaired) electrons. The molecular formula is C20H20N4O4. The summed E-state index contributed by atoms with van der Waals surface area (Å²) in [5.41, 5.74) is 2.54. The third-order valence-corrected chi connectivity index (χ3v) is 5.31. The van der Waals surface area contributed by atoms with Crippen molar-refractivity contribution in [3.05, 3.63) is 64.2 Å². The van der Waals surface area contributed by atoms with Crippen molar-refractivity contribution in [1.82, 2.24) is 4.90 Å². The predicted octanol–water partition coefficient (Wildman–Crippen LogP) is 2.37. The second-order valence-corrected chi connectivity index (χ2v) is 6.98. The summed E-state index contributed by atoms with van der Waals surface area (Å²) in [6, 6.07) is 13.9. The Morgan fingerprint density at radius 1 is 1.04 bits per heavy atom. The van der Waals surface area contributed by atoms with Crippen LogP contribution < -0.4 is 10.2 Å². The second-order valence-electron chi connectivity index (χ2n) is 6.98. The average Bonchev–Trinajstić information content (AvgIpc) is 2.73. The first-order valence-electron chi connectivity index (χ1n) is 9.20. The SMILES string of the molecule is O=C1CC(C(=O)N2CCN(c3ccc([N+](=O)[O-])cc3)CC2)c2ccccc2N1. The van der Waals surface area contributed by atoms with Gasteiger partial charge in [0.2, 0.25) is 11.8 Å². The van der Waals surface area contributed by atoms with Crippen LogP contribution in [0.25, 0.3) is 0 Å². The minimum atomic E-state index is -0.448. The molecule has 4 rings (SSSR count). The van der Waals surface area contributed by atoms with Crippen molar-refractivity contribution >= 4 is 28.9 Å². The monoisotopic (exact) mass is 380 g/mol. The number of hydrogen-bond donors (Lipinski definition) is 1. The molecule has 1 atom stereocenters. The molecule has 1 fully saturated rings. The van der Waals surface area contributed by atoms with Gasteiger partial charge in [0.05, 0.1) is 10.8 Å². The molecule has 0 saturated carbocycles. The number of para-hydroxylation sites is 1. The van der Waals surface area contributed by atoms with Gasteiger partial charge in [0.1, 0.15) is 0 Å². The number of benzene rings is 2. The summed E-state index contributed by atoms with van der Waals surface area (Å²) in [7, 11) is 0. The van der Waals surface area contributed by atoms with Crippen molar-refractivity contribution in [3.8, 4) is 0 Å². The summed E-state index contributed by atoms with van der Waals surface area (Å²) in [4.78, 5) is 39.4. The van der Waals surface area contributed by atoms with Crippen molar-refractivity contribution in [2.24, 2.45) is 0 Å². The molecule has 0 aliphatic carbocycles. The van der Waals surface area contributed by atoms with Crippen molar-refractivity contribution in [3.63, 3.8) is 0 Å². The maximum atomic E-state index is 13.1. The molecule has 1 unspecified atom stereocenters. The number of piperazine rings is 1. The van der Waals surface area contributed by atoms with Crippen molar-refractivity contribution < 1.29 is 14.5 Å². The standard InChI is InChI=1S/C20H20N4O4/c25-19-13-17(16-3-1-2-4-18(16)21-19)20(26)23-11-9-22(10-12-23)14-5-7-15(8-6-14)24(27)28/h1-8,17H,9-13H2,(H,21,25). The minimum absolute atomic E-state index is 0.0225. The van der Waals surface area contributed by atoms with E-state index < -0.39 is 10.8 Å². The van der Waals surface area contributed by atoms with Crippen LogP contribution in [0, 0.1) is 10.1 Å². The van der Waals surface area contributed by atoms with E-state index in [1.54, 1.807) is 12.1 Å². The van der Waals surface area contributed by atoms with Crippen molar-refractivity contribution in [1.29, 1.82) is 0 Å². The van der Waals surface area contributed by atoms with Crippen LogP contribution in [0.1, 0.15) is 17.9 Å². The number of anilines is 2. The Balaban J connectivity index is 1.43. The zero-order chi connectivity index (χ0) is 19.7. The van der Waals surface area contributed by atoms with Gasteiger partial charge in [-0.1, -0.05) is 18.2 Å². The number of nitro groups is 1. The highest BCUT2D eigenvalue weighted by Crippen LogP contribution is 2.33. The van der Waals surface area contributed by atoms with E-state index in [1.165, 1.54) is 12.1 Å². The maximum absolute atomic E-state index is 13.1. The molecule has 0 aromatic heterocycles. The van der Waals surface area contributed by atoms with Gasteiger partial charge in [-0.15, -0.1) is 0 Å². The molecule has 8 heteroatoms. The average molecular weight is 380 g/mol. The normalized spacial score (nSPS) is 19.0. The molecule has 144 valence electrons. The Kier molecular flexibility index (Phi) is 4.68. The van der Waals surface area contributed by atoms with E-state index in [1.807, 2.05) is 29.2 Å². The van der Waals surface area contributed by atoms with E-state index >= 15 is 0 Å². The summed E-state index contributed by atoms with van der Waals surface area (Å²) < 4.78 is 0. The molecule has 2 amide bonds. The van der Waals surface area contributed by atoms with E-state index in [4.69, 9.17) is 0 Å². The van der Waals surface area contributed by atoms with Crippen LogP contribution in [-0.2, 0) is 9.59 Å². The van der Waals surface area contributed by atoms with E-state index in [2.05, 4.69) is 10.2 Å². The van der Waals surface area contributed by atoms with Crippen LogP contribution >= 0.6 is 0 Å². The number of rotatable bonds is 3. The van der Waals surface area contributed by atoms with Crippen LogP contribution in [0.3, 0.4) is 0 Å². The van der Waals surface area contributed by atoms with E-state index in [-0.39, 0.29) is 23.9 Å². The molecule has 2 aromatic carbocycles. The highest BCUT2D eigenvalue weighted by Gasteiger charge is 2.34. The van der Waals surface area contributed by atoms with E-state index in [0.717, 1.165) is 11.3 Å². The van der Waals surface area contributed by atoms with Crippen LogP contribution in [0.4, 0.5) is 17.1 Å². The summed E-state index contributed by atoms with van der Waals surface area (Å²) in [5.74, 6) is -0.608. The molecule has 2 aromatic rings. The lowest BCUT2D eigenvalue weighted by molar-refractivity contribution is -0.384. The second kappa shape index (κ2) is 7.30. The summed E-state index contributed by atoms with van der Waals surface area (Å²) >= 11 is 0.